The zero-order valence-electron chi connectivity index (χ0n) is 10.2. The highest BCUT2D eigenvalue weighted by molar-refractivity contribution is 9.09. The topological polar surface area (TPSA) is 18.5 Å². The summed E-state index contributed by atoms with van der Waals surface area (Å²) in [5.41, 5.74) is 0.401. The quantitative estimate of drug-likeness (QED) is 0.529. The molecule has 2 unspecified atom stereocenters. The fourth-order valence-electron chi connectivity index (χ4n) is 2.89. The molecule has 0 aromatic carbocycles. The maximum absolute atomic E-state index is 5.97. The second-order valence-corrected chi connectivity index (χ2v) is 5.74. The molecule has 0 bridgehead atoms. The zero-order chi connectivity index (χ0) is 11.4. The summed E-state index contributed by atoms with van der Waals surface area (Å²) in [7, 11) is 0. The zero-order valence-corrected chi connectivity index (χ0v) is 11.8. The molecule has 0 amide bonds. The fraction of sp³-hybridized carbons (Fsp3) is 1.00. The second kappa shape index (κ2) is 5.83. The molecule has 1 saturated carbocycles. The highest BCUT2D eigenvalue weighted by Crippen LogP contribution is 2.50. The fourth-order valence-corrected chi connectivity index (χ4v) is 3.77. The van der Waals surface area contributed by atoms with Gasteiger partial charge in [0, 0.05) is 30.6 Å². The van der Waals surface area contributed by atoms with Crippen LogP contribution in [0.15, 0.2) is 0 Å². The van der Waals surface area contributed by atoms with E-state index in [2.05, 4.69) is 22.9 Å². The average Bonchev–Trinajstić information content (AvgIpc) is 3.06. The van der Waals surface area contributed by atoms with Crippen molar-refractivity contribution in [2.45, 2.75) is 45.1 Å². The normalized spacial score (nSPS) is 34.5. The van der Waals surface area contributed by atoms with Gasteiger partial charge >= 0.3 is 0 Å². The minimum absolute atomic E-state index is 0.401. The molecule has 0 N–H and O–H groups in total. The van der Waals surface area contributed by atoms with Gasteiger partial charge in [0.2, 0.25) is 0 Å². The van der Waals surface area contributed by atoms with Gasteiger partial charge in [-0.2, -0.15) is 0 Å². The molecule has 1 aliphatic heterocycles. The molecule has 16 heavy (non-hydrogen) atoms. The molecule has 94 valence electrons. The van der Waals surface area contributed by atoms with Crippen LogP contribution in [0.2, 0.25) is 0 Å². The molecule has 0 aromatic heterocycles. The van der Waals surface area contributed by atoms with Gasteiger partial charge in [-0.1, -0.05) is 15.9 Å². The SMILES string of the molecule is CCOCCCC1(CBr)CCOC1C1CC1. The molecule has 1 aliphatic carbocycles. The maximum atomic E-state index is 5.97. The first-order chi connectivity index (χ1) is 7.82. The van der Waals surface area contributed by atoms with Gasteiger partial charge in [0.05, 0.1) is 6.10 Å². The van der Waals surface area contributed by atoms with Crippen LogP contribution in [0.4, 0.5) is 0 Å². The molecule has 2 rings (SSSR count). The lowest BCUT2D eigenvalue weighted by Gasteiger charge is -2.32. The lowest BCUT2D eigenvalue weighted by Crippen LogP contribution is -2.34. The lowest BCUT2D eigenvalue weighted by atomic mass is 9.77. The van der Waals surface area contributed by atoms with E-state index in [1.807, 2.05) is 0 Å². The monoisotopic (exact) mass is 290 g/mol. The third-order valence-electron chi connectivity index (χ3n) is 3.98. The van der Waals surface area contributed by atoms with Gasteiger partial charge in [0.15, 0.2) is 0 Å². The molecule has 1 saturated heterocycles. The van der Waals surface area contributed by atoms with Crippen molar-refractivity contribution in [3.8, 4) is 0 Å². The van der Waals surface area contributed by atoms with Crippen LogP contribution in [0.5, 0.6) is 0 Å². The predicted molar refractivity (Wildman–Crippen MR) is 69.0 cm³/mol. The summed E-state index contributed by atoms with van der Waals surface area (Å²) < 4.78 is 11.4. The van der Waals surface area contributed by atoms with Gasteiger partial charge in [0.1, 0.15) is 0 Å². The van der Waals surface area contributed by atoms with Gasteiger partial charge in [-0.3, -0.25) is 0 Å². The van der Waals surface area contributed by atoms with E-state index < -0.39 is 0 Å². The summed E-state index contributed by atoms with van der Waals surface area (Å²) >= 11 is 3.72. The van der Waals surface area contributed by atoms with Crippen LogP contribution in [-0.2, 0) is 9.47 Å². The van der Waals surface area contributed by atoms with Crippen molar-refractivity contribution in [2.24, 2.45) is 11.3 Å². The Morgan fingerprint density at radius 3 is 2.88 bits per heavy atom. The van der Waals surface area contributed by atoms with Gasteiger partial charge in [-0.15, -0.1) is 0 Å². The van der Waals surface area contributed by atoms with Gasteiger partial charge in [-0.05, 0) is 44.9 Å². The highest BCUT2D eigenvalue weighted by Gasteiger charge is 2.49. The molecule has 2 fully saturated rings. The Labute approximate surface area is 107 Å². The Morgan fingerprint density at radius 2 is 2.25 bits per heavy atom. The van der Waals surface area contributed by atoms with Gasteiger partial charge in [-0.25, -0.2) is 0 Å². The molecule has 0 aromatic rings. The van der Waals surface area contributed by atoms with E-state index in [0.29, 0.717) is 11.5 Å². The number of rotatable bonds is 7. The van der Waals surface area contributed by atoms with Crippen LogP contribution < -0.4 is 0 Å². The van der Waals surface area contributed by atoms with E-state index in [9.17, 15) is 0 Å². The van der Waals surface area contributed by atoms with Gasteiger partial charge < -0.3 is 9.47 Å². The summed E-state index contributed by atoms with van der Waals surface area (Å²) in [4.78, 5) is 0. The number of hydrogen-bond donors (Lipinski definition) is 0. The number of alkyl halides is 1. The Kier molecular flexibility index (Phi) is 4.68. The van der Waals surface area contributed by atoms with E-state index >= 15 is 0 Å². The first-order valence-electron chi connectivity index (χ1n) is 6.58. The molecule has 0 radical (unpaired) electrons. The van der Waals surface area contributed by atoms with Crippen molar-refractivity contribution in [3.05, 3.63) is 0 Å². The van der Waals surface area contributed by atoms with Crippen molar-refractivity contribution < 1.29 is 9.47 Å². The smallest absolute Gasteiger partial charge is 0.0668 e. The molecule has 2 atom stereocenters. The van der Waals surface area contributed by atoms with E-state index in [1.165, 1.54) is 32.1 Å². The summed E-state index contributed by atoms with van der Waals surface area (Å²) in [5, 5.41) is 1.09. The number of halogens is 1. The predicted octanol–water partition coefficient (Wildman–Crippen LogP) is 3.38. The molecule has 0 spiro atoms. The maximum Gasteiger partial charge on any atom is 0.0668 e. The second-order valence-electron chi connectivity index (χ2n) is 5.18. The van der Waals surface area contributed by atoms with E-state index in [-0.39, 0.29) is 0 Å². The summed E-state index contributed by atoms with van der Waals surface area (Å²) in [5.74, 6) is 0.854. The van der Waals surface area contributed by atoms with E-state index in [1.54, 1.807) is 0 Å². The van der Waals surface area contributed by atoms with Crippen LogP contribution in [0.25, 0.3) is 0 Å². The van der Waals surface area contributed by atoms with Crippen molar-refractivity contribution in [1.82, 2.24) is 0 Å². The molecule has 1 heterocycles. The minimum Gasteiger partial charge on any atom is -0.382 e. The van der Waals surface area contributed by atoms with E-state index in [0.717, 1.165) is 31.1 Å². The largest absolute Gasteiger partial charge is 0.382 e. The van der Waals surface area contributed by atoms with Crippen LogP contribution in [-0.4, -0.2) is 31.3 Å². The summed E-state index contributed by atoms with van der Waals surface area (Å²) in [6.45, 7) is 4.76. The van der Waals surface area contributed by atoms with Crippen LogP contribution in [0.3, 0.4) is 0 Å². The van der Waals surface area contributed by atoms with Crippen LogP contribution in [0.1, 0.15) is 39.0 Å². The van der Waals surface area contributed by atoms with Crippen molar-refractivity contribution >= 4 is 15.9 Å². The molecular formula is C13H23BrO2. The minimum atomic E-state index is 0.401. The van der Waals surface area contributed by atoms with Crippen LogP contribution in [0, 0.1) is 11.3 Å². The van der Waals surface area contributed by atoms with Crippen molar-refractivity contribution in [3.63, 3.8) is 0 Å². The first-order valence-corrected chi connectivity index (χ1v) is 7.70. The number of ether oxygens (including phenoxy) is 2. The standard InChI is InChI=1S/C13H23BrO2/c1-2-15-8-3-6-13(10-14)7-9-16-12(13)11-4-5-11/h11-12H,2-10H2,1H3. The number of hydrogen-bond acceptors (Lipinski definition) is 2. The average molecular weight is 291 g/mol. The Bertz CT molecular complexity index is 218. The third-order valence-corrected chi connectivity index (χ3v) is 5.10. The molecule has 3 heteroatoms. The molecule has 2 nitrogen and oxygen atoms in total. The summed E-state index contributed by atoms with van der Waals surface area (Å²) in [6.07, 6.45) is 6.93. The van der Waals surface area contributed by atoms with Crippen molar-refractivity contribution in [1.29, 1.82) is 0 Å². The van der Waals surface area contributed by atoms with Gasteiger partial charge in [0.25, 0.3) is 0 Å². The lowest BCUT2D eigenvalue weighted by molar-refractivity contribution is 0.0322. The van der Waals surface area contributed by atoms with Crippen molar-refractivity contribution in [2.75, 3.05) is 25.2 Å². The molecular weight excluding hydrogens is 268 g/mol. The Balaban J connectivity index is 1.84. The highest BCUT2D eigenvalue weighted by atomic mass is 79.9. The first kappa shape index (κ1) is 12.8. The van der Waals surface area contributed by atoms with E-state index in [4.69, 9.17) is 9.47 Å². The Hall–Kier alpha value is 0.400. The Morgan fingerprint density at radius 1 is 1.44 bits per heavy atom. The van der Waals surface area contributed by atoms with Crippen LogP contribution >= 0.6 is 15.9 Å². The summed E-state index contributed by atoms with van der Waals surface area (Å²) in [6, 6.07) is 0. The molecule has 2 aliphatic rings. The third kappa shape index (κ3) is 2.80.